The summed E-state index contributed by atoms with van der Waals surface area (Å²) in [6.45, 7) is 6.14. The second kappa shape index (κ2) is 11.1. The van der Waals surface area contributed by atoms with E-state index >= 15 is 0 Å². The van der Waals surface area contributed by atoms with Gasteiger partial charge >= 0.3 is 0 Å². The monoisotopic (exact) mass is 442 g/mol. The smallest absolute Gasteiger partial charge is 0.203 e. The van der Waals surface area contributed by atoms with Crippen molar-refractivity contribution < 1.29 is 14.2 Å². The highest BCUT2D eigenvalue weighted by atomic mass is 35.5. The largest absolute Gasteiger partial charge is 0.493 e. The summed E-state index contributed by atoms with van der Waals surface area (Å²) in [6, 6.07) is 5.64. The van der Waals surface area contributed by atoms with Gasteiger partial charge in [0.2, 0.25) is 5.75 Å². The molecular weight excluding hydrogens is 415 g/mol. The molecule has 1 aromatic heterocycles. The first kappa shape index (κ1) is 23.0. The summed E-state index contributed by atoms with van der Waals surface area (Å²) in [5.74, 6) is 2.49. The number of guanidine groups is 1. The van der Waals surface area contributed by atoms with Crippen LogP contribution in [0.3, 0.4) is 0 Å². The maximum Gasteiger partial charge on any atom is 0.203 e. The summed E-state index contributed by atoms with van der Waals surface area (Å²) in [4.78, 5) is 4.65. The quantitative estimate of drug-likeness (QED) is 0.453. The normalized spacial score (nSPS) is 11.3. The number of aliphatic imine (C=N–C) groups is 1. The van der Waals surface area contributed by atoms with Crippen LogP contribution in [0.25, 0.3) is 0 Å². The van der Waals surface area contributed by atoms with Gasteiger partial charge in [0.15, 0.2) is 17.5 Å². The van der Waals surface area contributed by atoms with Gasteiger partial charge < -0.3 is 29.4 Å². The van der Waals surface area contributed by atoms with Crippen molar-refractivity contribution in [2.24, 2.45) is 12.0 Å². The van der Waals surface area contributed by atoms with Gasteiger partial charge in [-0.05, 0) is 37.6 Å². The third-order valence-corrected chi connectivity index (χ3v) is 5.07. The van der Waals surface area contributed by atoms with Gasteiger partial charge in [-0.15, -0.1) is 0 Å². The topological polar surface area (TPSA) is 69.0 Å². The van der Waals surface area contributed by atoms with Crippen molar-refractivity contribution in [2.45, 2.75) is 26.9 Å². The Kier molecular flexibility index (Phi) is 8.79. The van der Waals surface area contributed by atoms with Gasteiger partial charge in [0.25, 0.3) is 0 Å². The number of hydrogen-bond donors (Lipinski definition) is 2. The summed E-state index contributed by atoms with van der Waals surface area (Å²) in [5.41, 5.74) is 1.89. The van der Waals surface area contributed by atoms with Crippen LogP contribution in [-0.2, 0) is 20.1 Å². The lowest BCUT2D eigenvalue weighted by atomic mass is 10.2. The van der Waals surface area contributed by atoms with Crippen molar-refractivity contribution >= 4 is 29.2 Å². The van der Waals surface area contributed by atoms with Gasteiger partial charge in [-0.1, -0.05) is 23.2 Å². The van der Waals surface area contributed by atoms with E-state index in [9.17, 15) is 0 Å². The van der Waals surface area contributed by atoms with Gasteiger partial charge in [-0.2, -0.15) is 0 Å². The summed E-state index contributed by atoms with van der Waals surface area (Å²) in [7, 11) is 5.08. The van der Waals surface area contributed by atoms with E-state index in [4.69, 9.17) is 37.4 Å². The first-order valence-electron chi connectivity index (χ1n) is 9.34. The van der Waals surface area contributed by atoms with Crippen molar-refractivity contribution in [3.05, 3.63) is 39.6 Å². The Morgan fingerprint density at radius 3 is 2.21 bits per heavy atom. The van der Waals surface area contributed by atoms with Gasteiger partial charge in [0.1, 0.15) is 5.15 Å². The summed E-state index contributed by atoms with van der Waals surface area (Å²) >= 11 is 12.2. The Balaban J connectivity index is 2.17. The van der Waals surface area contributed by atoms with E-state index < -0.39 is 0 Å². The fraction of sp³-hybridized carbons (Fsp3) is 0.450. The van der Waals surface area contributed by atoms with Crippen LogP contribution in [0.15, 0.2) is 23.2 Å². The SMILES string of the molecule is CCNC(=NCc1cc(OC)c(OCC)c(OC)c1)NCc1cc(Cl)c(Cl)n1C. The van der Waals surface area contributed by atoms with Crippen LogP contribution in [0.1, 0.15) is 25.1 Å². The number of rotatable bonds is 9. The molecule has 1 heterocycles. The van der Waals surface area contributed by atoms with Gasteiger partial charge in [-0.3, -0.25) is 0 Å². The average Bonchev–Trinajstić information content (AvgIpc) is 2.97. The van der Waals surface area contributed by atoms with Crippen molar-refractivity contribution in [3.63, 3.8) is 0 Å². The van der Waals surface area contributed by atoms with Crippen LogP contribution in [0, 0.1) is 0 Å². The molecule has 0 radical (unpaired) electrons. The fourth-order valence-electron chi connectivity index (χ4n) is 2.76. The zero-order chi connectivity index (χ0) is 21.4. The molecule has 0 saturated carbocycles. The zero-order valence-corrected chi connectivity index (χ0v) is 18.9. The molecule has 0 aliphatic rings. The highest BCUT2D eigenvalue weighted by Gasteiger charge is 2.14. The second-order valence-corrected chi connectivity index (χ2v) is 6.91. The minimum Gasteiger partial charge on any atom is -0.493 e. The van der Waals surface area contributed by atoms with Crippen LogP contribution in [0.4, 0.5) is 0 Å². The van der Waals surface area contributed by atoms with Crippen LogP contribution in [-0.4, -0.2) is 37.9 Å². The third-order valence-electron chi connectivity index (χ3n) is 4.23. The molecule has 0 atom stereocenters. The van der Waals surface area contributed by atoms with E-state index in [2.05, 4.69) is 15.6 Å². The molecule has 2 rings (SSSR count). The lowest BCUT2D eigenvalue weighted by molar-refractivity contribution is 0.288. The predicted octanol–water partition coefficient (Wildman–Crippen LogP) is 4.00. The predicted molar refractivity (Wildman–Crippen MR) is 118 cm³/mol. The number of nitrogens with one attached hydrogen (secondary N) is 2. The third kappa shape index (κ3) is 5.87. The second-order valence-electron chi connectivity index (χ2n) is 6.14. The highest BCUT2D eigenvalue weighted by Crippen LogP contribution is 2.38. The van der Waals surface area contributed by atoms with Crippen LogP contribution >= 0.6 is 23.2 Å². The lowest BCUT2D eigenvalue weighted by Crippen LogP contribution is -2.37. The molecular formula is C20H28Cl2N4O3. The Labute approximate surface area is 181 Å². The first-order valence-corrected chi connectivity index (χ1v) is 10.1. The zero-order valence-electron chi connectivity index (χ0n) is 17.4. The minimum atomic E-state index is 0.434. The number of halogens is 2. The van der Waals surface area contributed by atoms with Crippen LogP contribution in [0.2, 0.25) is 10.2 Å². The Bertz CT molecular complexity index is 827. The summed E-state index contributed by atoms with van der Waals surface area (Å²) in [5, 5.41) is 7.56. The average molecular weight is 443 g/mol. The molecule has 29 heavy (non-hydrogen) atoms. The number of methoxy groups -OCH3 is 2. The molecule has 160 valence electrons. The molecule has 1 aromatic carbocycles. The van der Waals surface area contributed by atoms with Gasteiger partial charge in [0.05, 0.1) is 38.9 Å². The molecule has 9 heteroatoms. The van der Waals surface area contributed by atoms with Crippen molar-refractivity contribution in [2.75, 3.05) is 27.4 Å². The minimum absolute atomic E-state index is 0.434. The summed E-state index contributed by atoms with van der Waals surface area (Å²) < 4.78 is 18.4. The maximum absolute atomic E-state index is 6.13. The van der Waals surface area contributed by atoms with Crippen molar-refractivity contribution in [1.82, 2.24) is 15.2 Å². The molecule has 0 unspecified atom stereocenters. The van der Waals surface area contributed by atoms with E-state index in [-0.39, 0.29) is 0 Å². The Hall–Kier alpha value is -2.25. The van der Waals surface area contributed by atoms with E-state index in [0.29, 0.717) is 53.1 Å². The molecule has 0 aliphatic carbocycles. The number of benzene rings is 1. The molecule has 0 spiro atoms. The number of ether oxygens (including phenoxy) is 3. The van der Waals surface area contributed by atoms with E-state index in [0.717, 1.165) is 17.8 Å². The Morgan fingerprint density at radius 1 is 1.07 bits per heavy atom. The molecule has 0 fully saturated rings. The number of hydrogen-bond acceptors (Lipinski definition) is 4. The summed E-state index contributed by atoms with van der Waals surface area (Å²) in [6.07, 6.45) is 0. The van der Waals surface area contributed by atoms with E-state index in [1.165, 1.54) is 0 Å². The lowest BCUT2D eigenvalue weighted by Gasteiger charge is -2.15. The standard InChI is InChI=1S/C20H28Cl2N4O3/c1-6-23-20(25-12-14-10-15(21)19(22)26(14)3)24-11-13-8-16(27-4)18(29-7-2)17(9-13)28-5/h8-10H,6-7,11-12H2,1-5H3,(H2,23,24,25). The maximum atomic E-state index is 6.13. The Morgan fingerprint density at radius 2 is 1.72 bits per heavy atom. The fourth-order valence-corrected chi connectivity index (χ4v) is 3.17. The molecule has 2 N–H and O–H groups in total. The molecule has 0 amide bonds. The van der Waals surface area contributed by atoms with Crippen LogP contribution < -0.4 is 24.8 Å². The van der Waals surface area contributed by atoms with Crippen molar-refractivity contribution in [1.29, 1.82) is 0 Å². The van der Waals surface area contributed by atoms with Gasteiger partial charge in [-0.25, -0.2) is 4.99 Å². The molecule has 0 saturated heterocycles. The number of nitrogens with zero attached hydrogens (tertiary/aromatic N) is 2. The van der Waals surface area contributed by atoms with E-state index in [1.807, 2.05) is 43.7 Å². The first-order chi connectivity index (χ1) is 13.9. The molecule has 2 aromatic rings. The van der Waals surface area contributed by atoms with E-state index in [1.54, 1.807) is 14.2 Å². The highest BCUT2D eigenvalue weighted by molar-refractivity contribution is 6.41. The molecule has 0 bridgehead atoms. The molecule has 0 aliphatic heterocycles. The van der Waals surface area contributed by atoms with Crippen LogP contribution in [0.5, 0.6) is 17.2 Å². The molecule has 7 nitrogen and oxygen atoms in total. The number of aromatic nitrogens is 1. The van der Waals surface area contributed by atoms with Crippen molar-refractivity contribution in [3.8, 4) is 17.2 Å². The van der Waals surface area contributed by atoms with Gasteiger partial charge in [0, 0.05) is 19.3 Å².